The van der Waals surface area contributed by atoms with Crippen LogP contribution in [0.25, 0.3) is 6.08 Å². The van der Waals surface area contributed by atoms with Gasteiger partial charge >= 0.3 is 0 Å². The first kappa shape index (κ1) is 17.2. The van der Waals surface area contributed by atoms with Crippen molar-refractivity contribution in [3.63, 3.8) is 0 Å². The number of halogens is 1. The normalized spacial score (nSPS) is 14.7. The van der Waals surface area contributed by atoms with Crippen LogP contribution < -0.4 is 0 Å². The quantitative estimate of drug-likeness (QED) is 0.778. The second kappa shape index (κ2) is 6.72. The SMILES string of the molecule is Cc1nocc1C(=O)N1CCCN1C(=O)/C=C/c1c(C)nn(C)c1Cl. The van der Waals surface area contributed by atoms with E-state index in [1.807, 2.05) is 6.92 Å². The zero-order valence-corrected chi connectivity index (χ0v) is 14.9. The highest BCUT2D eigenvalue weighted by Gasteiger charge is 2.32. The van der Waals surface area contributed by atoms with E-state index in [4.69, 9.17) is 16.1 Å². The molecule has 0 spiro atoms. The molecule has 2 aromatic heterocycles. The van der Waals surface area contributed by atoms with Crippen LogP contribution in [0.2, 0.25) is 5.15 Å². The summed E-state index contributed by atoms with van der Waals surface area (Å²) in [5.74, 6) is -0.590. The number of carbonyl (C=O) groups is 2. The van der Waals surface area contributed by atoms with Crippen LogP contribution in [0.4, 0.5) is 0 Å². The third kappa shape index (κ3) is 3.17. The largest absolute Gasteiger partial charge is 0.364 e. The van der Waals surface area contributed by atoms with Crippen molar-refractivity contribution < 1.29 is 14.1 Å². The van der Waals surface area contributed by atoms with Gasteiger partial charge in [-0.15, -0.1) is 0 Å². The number of amides is 2. The summed E-state index contributed by atoms with van der Waals surface area (Å²) < 4.78 is 6.36. The molecule has 3 rings (SSSR count). The average Bonchev–Trinajstić information content (AvgIpc) is 3.27. The van der Waals surface area contributed by atoms with E-state index in [1.54, 1.807) is 24.7 Å². The molecule has 1 aliphatic heterocycles. The summed E-state index contributed by atoms with van der Waals surface area (Å²) >= 11 is 6.16. The highest BCUT2D eigenvalue weighted by molar-refractivity contribution is 6.31. The molecule has 9 heteroatoms. The number of hydrogen-bond acceptors (Lipinski definition) is 5. The van der Waals surface area contributed by atoms with Crippen molar-refractivity contribution in [2.45, 2.75) is 20.3 Å². The van der Waals surface area contributed by atoms with Crippen LogP contribution >= 0.6 is 11.6 Å². The zero-order valence-electron chi connectivity index (χ0n) is 14.2. The molecule has 0 radical (unpaired) electrons. The van der Waals surface area contributed by atoms with Crippen molar-refractivity contribution in [2.24, 2.45) is 7.05 Å². The molecule has 0 saturated carbocycles. The van der Waals surface area contributed by atoms with E-state index in [0.717, 1.165) is 5.69 Å². The first-order valence-electron chi connectivity index (χ1n) is 7.81. The molecular weight excluding hydrogens is 346 g/mol. The molecule has 3 heterocycles. The van der Waals surface area contributed by atoms with E-state index < -0.39 is 0 Å². The van der Waals surface area contributed by atoms with Crippen LogP contribution in [0.1, 0.15) is 33.7 Å². The molecule has 8 nitrogen and oxygen atoms in total. The lowest BCUT2D eigenvalue weighted by Gasteiger charge is -2.26. The highest BCUT2D eigenvalue weighted by atomic mass is 35.5. The second-order valence-corrected chi connectivity index (χ2v) is 6.16. The maximum Gasteiger partial charge on any atom is 0.277 e. The van der Waals surface area contributed by atoms with Gasteiger partial charge in [0, 0.05) is 31.8 Å². The zero-order chi connectivity index (χ0) is 18.1. The fraction of sp³-hybridized carbons (Fsp3) is 0.375. The van der Waals surface area contributed by atoms with Gasteiger partial charge in [-0.25, -0.2) is 10.0 Å². The van der Waals surface area contributed by atoms with Crippen LogP contribution in [0.3, 0.4) is 0 Å². The van der Waals surface area contributed by atoms with Gasteiger partial charge in [-0.05, 0) is 26.3 Å². The molecule has 2 amide bonds. The van der Waals surface area contributed by atoms with Crippen LogP contribution in [0.15, 0.2) is 16.9 Å². The molecule has 0 aliphatic carbocycles. The standard InChI is InChI=1S/C16H18ClN5O3/c1-10-12(15(17)20(3)18-10)5-6-14(23)21-7-4-8-22(21)16(24)13-9-25-19-11(13)2/h5-6,9H,4,7-8H2,1-3H3/b6-5+. The minimum absolute atomic E-state index is 0.292. The van der Waals surface area contributed by atoms with Gasteiger partial charge < -0.3 is 4.52 Å². The predicted molar refractivity (Wildman–Crippen MR) is 90.6 cm³/mol. The van der Waals surface area contributed by atoms with Gasteiger partial charge in [-0.1, -0.05) is 16.8 Å². The monoisotopic (exact) mass is 363 g/mol. The third-order valence-electron chi connectivity index (χ3n) is 4.09. The Morgan fingerprint density at radius 2 is 1.96 bits per heavy atom. The van der Waals surface area contributed by atoms with Crippen LogP contribution in [0.5, 0.6) is 0 Å². The van der Waals surface area contributed by atoms with Crippen molar-refractivity contribution in [1.82, 2.24) is 25.0 Å². The molecule has 1 saturated heterocycles. The minimum Gasteiger partial charge on any atom is -0.364 e. The minimum atomic E-state index is -0.298. The molecular formula is C16H18ClN5O3. The number of hydrogen-bond donors (Lipinski definition) is 0. The first-order valence-corrected chi connectivity index (χ1v) is 8.19. The first-order chi connectivity index (χ1) is 11.9. The molecule has 1 aliphatic rings. The Kier molecular flexibility index (Phi) is 4.63. The Balaban J connectivity index is 1.78. The molecule has 0 atom stereocenters. The summed E-state index contributed by atoms with van der Waals surface area (Å²) in [4.78, 5) is 25.2. The average molecular weight is 364 g/mol. The lowest BCUT2D eigenvalue weighted by molar-refractivity contribution is -0.134. The summed E-state index contributed by atoms with van der Waals surface area (Å²) in [7, 11) is 1.73. The Bertz CT molecular complexity index is 854. The molecule has 0 aromatic carbocycles. The van der Waals surface area contributed by atoms with Gasteiger partial charge in [0.25, 0.3) is 11.8 Å². The van der Waals surface area contributed by atoms with Crippen LogP contribution in [-0.2, 0) is 11.8 Å². The topological polar surface area (TPSA) is 84.5 Å². The van der Waals surface area contributed by atoms with Crippen molar-refractivity contribution in [3.8, 4) is 0 Å². The van der Waals surface area contributed by atoms with Gasteiger partial charge in [0.1, 0.15) is 17.0 Å². The summed E-state index contributed by atoms with van der Waals surface area (Å²) in [6, 6.07) is 0. The number of nitrogens with zero attached hydrogens (tertiary/aromatic N) is 5. The number of rotatable bonds is 3. The van der Waals surface area contributed by atoms with Gasteiger partial charge in [0.2, 0.25) is 0 Å². The van der Waals surface area contributed by atoms with Crippen molar-refractivity contribution in [1.29, 1.82) is 0 Å². The van der Waals surface area contributed by atoms with Crippen LogP contribution in [0, 0.1) is 13.8 Å². The van der Waals surface area contributed by atoms with Gasteiger partial charge in [0.15, 0.2) is 0 Å². The molecule has 25 heavy (non-hydrogen) atoms. The fourth-order valence-electron chi connectivity index (χ4n) is 2.77. The second-order valence-electron chi connectivity index (χ2n) is 5.80. The Morgan fingerprint density at radius 1 is 1.24 bits per heavy atom. The highest BCUT2D eigenvalue weighted by Crippen LogP contribution is 2.21. The summed E-state index contributed by atoms with van der Waals surface area (Å²) in [6.07, 6.45) is 5.04. The Hall–Kier alpha value is -2.61. The van der Waals surface area contributed by atoms with Crippen LogP contribution in [-0.4, -0.2) is 49.9 Å². The lowest BCUT2D eigenvalue weighted by atomic mass is 10.2. The summed E-state index contributed by atoms with van der Waals surface area (Å²) in [5, 5.41) is 11.2. The predicted octanol–water partition coefficient (Wildman–Crippen LogP) is 1.98. The smallest absolute Gasteiger partial charge is 0.277 e. The summed E-state index contributed by atoms with van der Waals surface area (Å²) in [6.45, 7) is 4.44. The summed E-state index contributed by atoms with van der Waals surface area (Å²) in [5.41, 5.74) is 2.27. The molecule has 0 unspecified atom stereocenters. The molecule has 0 N–H and O–H groups in total. The number of aromatic nitrogens is 3. The van der Waals surface area contributed by atoms with Gasteiger partial charge in [-0.3, -0.25) is 14.3 Å². The maximum atomic E-state index is 12.6. The maximum absolute atomic E-state index is 12.6. The fourth-order valence-corrected chi connectivity index (χ4v) is 3.00. The number of aryl methyl sites for hydroxylation is 3. The van der Waals surface area contributed by atoms with E-state index >= 15 is 0 Å². The number of carbonyl (C=O) groups excluding carboxylic acids is 2. The van der Waals surface area contributed by atoms with E-state index in [-0.39, 0.29) is 11.8 Å². The molecule has 1 fully saturated rings. The molecule has 0 bridgehead atoms. The molecule has 2 aromatic rings. The Morgan fingerprint density at radius 3 is 2.56 bits per heavy atom. The number of hydrazine groups is 1. The van der Waals surface area contributed by atoms with Crippen molar-refractivity contribution in [3.05, 3.63) is 40.0 Å². The van der Waals surface area contributed by atoms with E-state index in [0.29, 0.717) is 41.5 Å². The van der Waals surface area contributed by atoms with Gasteiger partial charge in [-0.2, -0.15) is 5.10 Å². The van der Waals surface area contributed by atoms with E-state index in [1.165, 1.54) is 22.4 Å². The Labute approximate surface area is 149 Å². The third-order valence-corrected chi connectivity index (χ3v) is 4.54. The van der Waals surface area contributed by atoms with Crippen molar-refractivity contribution in [2.75, 3.05) is 13.1 Å². The van der Waals surface area contributed by atoms with Crippen molar-refractivity contribution >= 4 is 29.5 Å². The van der Waals surface area contributed by atoms with Gasteiger partial charge in [0.05, 0.1) is 11.4 Å². The molecule has 132 valence electrons. The van der Waals surface area contributed by atoms with E-state index in [2.05, 4.69) is 10.3 Å². The van der Waals surface area contributed by atoms with E-state index in [9.17, 15) is 9.59 Å². The lowest BCUT2D eigenvalue weighted by Crippen LogP contribution is -2.44.